The van der Waals surface area contributed by atoms with Gasteiger partial charge in [0.15, 0.2) is 0 Å². The lowest BCUT2D eigenvalue weighted by Gasteiger charge is -2.39. The van der Waals surface area contributed by atoms with Gasteiger partial charge in [-0.25, -0.2) is 9.59 Å². The van der Waals surface area contributed by atoms with Crippen LogP contribution < -0.4 is 10.6 Å². The highest BCUT2D eigenvalue weighted by molar-refractivity contribution is 5.69. The average Bonchev–Trinajstić information content (AvgIpc) is 2.74. The van der Waals surface area contributed by atoms with Gasteiger partial charge in [-0.2, -0.15) is 0 Å². The second-order valence-corrected chi connectivity index (χ2v) is 7.86. The molecule has 1 fully saturated rings. The van der Waals surface area contributed by atoms with Crippen molar-refractivity contribution in [3.05, 3.63) is 71.8 Å². The Morgan fingerprint density at radius 2 is 1.37 bits per heavy atom. The minimum absolute atomic E-state index is 0.146. The number of amides is 2. The zero-order chi connectivity index (χ0) is 21.4. The Morgan fingerprint density at radius 1 is 0.900 bits per heavy atom. The number of carbonyl (C=O) groups is 2. The van der Waals surface area contributed by atoms with Crippen molar-refractivity contribution in [3.8, 4) is 0 Å². The first-order valence-corrected chi connectivity index (χ1v) is 10.1. The molecule has 1 saturated carbocycles. The number of rotatable bonds is 6. The van der Waals surface area contributed by atoms with E-state index in [-0.39, 0.29) is 19.3 Å². The number of benzene rings is 2. The Bertz CT molecular complexity index is 826. The molecule has 2 unspecified atom stereocenters. The van der Waals surface area contributed by atoms with Crippen molar-refractivity contribution in [2.24, 2.45) is 0 Å². The number of carbonyl (C=O) groups excluding carboxylic acids is 2. The van der Waals surface area contributed by atoms with Crippen molar-refractivity contribution in [2.75, 3.05) is 0 Å². The zero-order valence-corrected chi connectivity index (χ0v) is 17.0. The molecule has 3 N–H and O–H groups in total. The Labute approximate surface area is 176 Å². The fourth-order valence-corrected chi connectivity index (χ4v) is 3.54. The Balaban J connectivity index is 1.52. The van der Waals surface area contributed by atoms with Crippen molar-refractivity contribution in [1.82, 2.24) is 10.6 Å². The van der Waals surface area contributed by atoms with Crippen LogP contribution in [0.5, 0.6) is 0 Å². The topological polar surface area (TPSA) is 96.9 Å². The van der Waals surface area contributed by atoms with Crippen LogP contribution in [-0.4, -0.2) is 35.0 Å². The zero-order valence-electron chi connectivity index (χ0n) is 17.0. The number of alkyl carbamates (subject to hydrolysis) is 2. The molecule has 0 aliphatic heterocycles. The molecule has 1 aliphatic rings. The van der Waals surface area contributed by atoms with Crippen LogP contribution in [-0.2, 0) is 22.7 Å². The molecule has 7 heteroatoms. The summed E-state index contributed by atoms with van der Waals surface area (Å²) in [6.45, 7) is 2.03. The third kappa shape index (κ3) is 6.77. The van der Waals surface area contributed by atoms with Crippen LogP contribution >= 0.6 is 0 Å². The minimum atomic E-state index is -0.927. The van der Waals surface area contributed by atoms with Gasteiger partial charge < -0.3 is 25.2 Å². The van der Waals surface area contributed by atoms with Crippen LogP contribution in [0.3, 0.4) is 0 Å². The van der Waals surface area contributed by atoms with Gasteiger partial charge in [0.25, 0.3) is 0 Å². The molecule has 0 saturated heterocycles. The summed E-state index contributed by atoms with van der Waals surface area (Å²) in [4.78, 5) is 24.5. The lowest BCUT2D eigenvalue weighted by atomic mass is 9.80. The van der Waals surface area contributed by atoms with E-state index >= 15 is 0 Å². The van der Waals surface area contributed by atoms with Gasteiger partial charge in [0.1, 0.15) is 13.2 Å². The molecule has 160 valence electrons. The summed E-state index contributed by atoms with van der Waals surface area (Å²) in [5.74, 6) is 0. The molecular formula is C23H28N2O5. The Kier molecular flexibility index (Phi) is 7.30. The molecule has 2 amide bonds. The average molecular weight is 412 g/mol. The molecule has 7 nitrogen and oxygen atoms in total. The number of ether oxygens (including phenoxy) is 2. The first kappa shape index (κ1) is 21.6. The van der Waals surface area contributed by atoms with Crippen LogP contribution in [0.25, 0.3) is 0 Å². The van der Waals surface area contributed by atoms with Crippen molar-refractivity contribution >= 4 is 12.2 Å². The van der Waals surface area contributed by atoms with E-state index in [1.165, 1.54) is 0 Å². The van der Waals surface area contributed by atoms with Gasteiger partial charge in [0, 0.05) is 0 Å². The van der Waals surface area contributed by atoms with Crippen molar-refractivity contribution in [1.29, 1.82) is 0 Å². The summed E-state index contributed by atoms with van der Waals surface area (Å²) in [6.07, 6.45) is 0.169. The maximum Gasteiger partial charge on any atom is 0.407 e. The van der Waals surface area contributed by atoms with Gasteiger partial charge in [0.05, 0.1) is 17.7 Å². The van der Waals surface area contributed by atoms with Crippen LogP contribution in [0.1, 0.15) is 37.3 Å². The monoisotopic (exact) mass is 412 g/mol. The minimum Gasteiger partial charge on any atom is -0.445 e. The first-order valence-electron chi connectivity index (χ1n) is 10.1. The lowest BCUT2D eigenvalue weighted by Crippen LogP contribution is -2.57. The standard InChI is InChI=1S/C23H28N2O5/c1-23(28)13-12-19(24-21(26)29-15-17-8-4-2-5-9-17)20(14-23)25-22(27)30-16-18-10-6-3-7-11-18/h2-11,19-20,28H,12-16H2,1H3,(H,24,26)(H,25,27)/t19?,20-,23?/m0/s1. The third-order valence-electron chi connectivity index (χ3n) is 5.17. The molecule has 1 aliphatic carbocycles. The van der Waals surface area contributed by atoms with E-state index in [0.717, 1.165) is 11.1 Å². The molecule has 0 radical (unpaired) electrons. The van der Waals surface area contributed by atoms with E-state index in [0.29, 0.717) is 19.3 Å². The Hall–Kier alpha value is -3.06. The highest BCUT2D eigenvalue weighted by Crippen LogP contribution is 2.28. The van der Waals surface area contributed by atoms with E-state index in [4.69, 9.17) is 9.47 Å². The maximum absolute atomic E-state index is 12.3. The molecule has 3 rings (SSSR count). The summed E-state index contributed by atoms with van der Waals surface area (Å²) < 4.78 is 10.6. The summed E-state index contributed by atoms with van der Waals surface area (Å²) >= 11 is 0. The SMILES string of the molecule is CC1(O)CCC(NC(=O)OCc2ccccc2)[C@@H](NC(=O)OCc2ccccc2)C1. The molecule has 0 spiro atoms. The highest BCUT2D eigenvalue weighted by Gasteiger charge is 2.38. The van der Waals surface area contributed by atoms with Crippen LogP contribution in [0.2, 0.25) is 0 Å². The second kappa shape index (κ2) is 10.1. The van der Waals surface area contributed by atoms with Crippen LogP contribution in [0.4, 0.5) is 9.59 Å². The molecule has 2 aromatic rings. The van der Waals surface area contributed by atoms with E-state index in [1.54, 1.807) is 6.92 Å². The first-order chi connectivity index (χ1) is 14.4. The van der Waals surface area contributed by atoms with Crippen molar-refractivity contribution in [3.63, 3.8) is 0 Å². The molecule has 3 atom stereocenters. The molecular weight excluding hydrogens is 384 g/mol. The van der Waals surface area contributed by atoms with E-state index in [1.807, 2.05) is 60.7 Å². The molecule has 30 heavy (non-hydrogen) atoms. The summed E-state index contributed by atoms with van der Waals surface area (Å²) in [7, 11) is 0. The van der Waals surface area contributed by atoms with E-state index in [9.17, 15) is 14.7 Å². The van der Waals surface area contributed by atoms with Crippen molar-refractivity contribution < 1.29 is 24.2 Å². The number of aliphatic hydroxyl groups is 1. The predicted octanol–water partition coefficient (Wildman–Crippen LogP) is 3.51. The van der Waals surface area contributed by atoms with Crippen molar-refractivity contribution in [2.45, 2.75) is 57.1 Å². The van der Waals surface area contributed by atoms with Gasteiger partial charge in [-0.1, -0.05) is 60.7 Å². The summed E-state index contributed by atoms with van der Waals surface area (Å²) in [5, 5.41) is 16.0. The fraction of sp³-hybridized carbons (Fsp3) is 0.391. The summed E-state index contributed by atoms with van der Waals surface area (Å²) in [6, 6.07) is 17.9. The van der Waals surface area contributed by atoms with Gasteiger partial charge >= 0.3 is 12.2 Å². The number of hydrogen-bond donors (Lipinski definition) is 3. The molecule has 2 aromatic carbocycles. The molecule has 0 aromatic heterocycles. The van der Waals surface area contributed by atoms with Gasteiger partial charge in [0.2, 0.25) is 0 Å². The normalized spacial score (nSPS) is 23.3. The number of nitrogens with one attached hydrogen (secondary N) is 2. The van der Waals surface area contributed by atoms with Gasteiger partial charge in [-0.05, 0) is 37.3 Å². The second-order valence-electron chi connectivity index (χ2n) is 7.86. The largest absolute Gasteiger partial charge is 0.445 e. The fourth-order valence-electron chi connectivity index (χ4n) is 3.54. The lowest BCUT2D eigenvalue weighted by molar-refractivity contribution is -0.000953. The molecule has 0 bridgehead atoms. The quantitative estimate of drug-likeness (QED) is 0.675. The third-order valence-corrected chi connectivity index (χ3v) is 5.17. The predicted molar refractivity (Wildman–Crippen MR) is 112 cm³/mol. The van der Waals surface area contributed by atoms with E-state index < -0.39 is 23.8 Å². The van der Waals surface area contributed by atoms with Gasteiger partial charge in [-0.3, -0.25) is 0 Å². The van der Waals surface area contributed by atoms with Crippen LogP contribution in [0, 0.1) is 0 Å². The Morgan fingerprint density at radius 3 is 1.87 bits per heavy atom. The molecule has 0 heterocycles. The summed E-state index contributed by atoms with van der Waals surface area (Å²) in [5.41, 5.74) is 0.838. The van der Waals surface area contributed by atoms with E-state index in [2.05, 4.69) is 10.6 Å². The maximum atomic E-state index is 12.3. The number of hydrogen-bond acceptors (Lipinski definition) is 5. The van der Waals surface area contributed by atoms with Gasteiger partial charge in [-0.15, -0.1) is 0 Å². The smallest absolute Gasteiger partial charge is 0.407 e. The highest BCUT2D eigenvalue weighted by atomic mass is 16.6. The van der Waals surface area contributed by atoms with Crippen LogP contribution in [0.15, 0.2) is 60.7 Å².